The molecule has 0 saturated heterocycles. The molecular formula is C5H7BrS. The minimum Gasteiger partial charge on any atom is -0.134 e. The summed E-state index contributed by atoms with van der Waals surface area (Å²) in [4.78, 5) is 0. The molecule has 1 heterocycles. The van der Waals surface area contributed by atoms with Crippen molar-refractivity contribution in [2.75, 3.05) is 11.1 Å². The van der Waals surface area contributed by atoms with Crippen LogP contribution in [0.3, 0.4) is 0 Å². The number of rotatable bonds is 1. The molecule has 1 aliphatic heterocycles. The molecule has 0 nitrogen and oxygen atoms in total. The van der Waals surface area contributed by atoms with Gasteiger partial charge in [-0.2, -0.15) is 0 Å². The molecule has 0 radical (unpaired) electrons. The molecule has 0 aromatic rings. The van der Waals surface area contributed by atoms with Gasteiger partial charge in [0, 0.05) is 11.1 Å². The first-order valence-corrected chi connectivity index (χ1v) is 4.46. The maximum atomic E-state index is 3.39. The predicted octanol–water partition coefficient (Wildman–Crippen LogP) is 2.40. The van der Waals surface area contributed by atoms with Gasteiger partial charge < -0.3 is 0 Å². The third-order valence-electron chi connectivity index (χ3n) is 0.963. The largest absolute Gasteiger partial charge is 0.134 e. The van der Waals surface area contributed by atoms with Crippen LogP contribution in [0.4, 0.5) is 0 Å². The number of alkyl halides is 1. The zero-order valence-electron chi connectivity index (χ0n) is 3.98. The van der Waals surface area contributed by atoms with Gasteiger partial charge >= 0.3 is 0 Å². The van der Waals surface area contributed by atoms with Crippen LogP contribution in [0, 0.1) is 0 Å². The van der Waals surface area contributed by atoms with Gasteiger partial charge in [0.1, 0.15) is 0 Å². The van der Waals surface area contributed by atoms with Crippen LogP contribution in [0.1, 0.15) is 6.42 Å². The van der Waals surface area contributed by atoms with Gasteiger partial charge in [0.15, 0.2) is 0 Å². The Hall–Kier alpha value is 0.570. The zero-order chi connectivity index (χ0) is 5.11. The highest BCUT2D eigenvalue weighted by molar-refractivity contribution is 9.09. The Labute approximate surface area is 56.5 Å². The molecule has 1 aliphatic rings. The maximum absolute atomic E-state index is 3.39. The van der Waals surface area contributed by atoms with Gasteiger partial charge in [0.25, 0.3) is 0 Å². The SMILES string of the molecule is BrCC1=CSCC1. The summed E-state index contributed by atoms with van der Waals surface area (Å²) in [6.07, 6.45) is 1.29. The predicted molar refractivity (Wildman–Crippen MR) is 39.0 cm³/mol. The van der Waals surface area contributed by atoms with Crippen molar-refractivity contribution in [3.05, 3.63) is 11.0 Å². The van der Waals surface area contributed by atoms with E-state index >= 15 is 0 Å². The van der Waals surface area contributed by atoms with E-state index in [0.717, 1.165) is 5.33 Å². The lowest BCUT2D eigenvalue weighted by Crippen LogP contribution is -1.76. The molecule has 0 aliphatic carbocycles. The van der Waals surface area contributed by atoms with Gasteiger partial charge in [-0.3, -0.25) is 0 Å². The molecule has 0 saturated carbocycles. The third-order valence-corrected chi connectivity index (χ3v) is 2.62. The lowest BCUT2D eigenvalue weighted by atomic mass is 10.3. The highest BCUT2D eigenvalue weighted by Crippen LogP contribution is 2.22. The summed E-state index contributed by atoms with van der Waals surface area (Å²) < 4.78 is 0. The molecule has 1 rings (SSSR count). The van der Waals surface area contributed by atoms with Gasteiger partial charge in [0.2, 0.25) is 0 Å². The van der Waals surface area contributed by atoms with E-state index in [9.17, 15) is 0 Å². The fraction of sp³-hybridized carbons (Fsp3) is 0.600. The Balaban J connectivity index is 2.36. The summed E-state index contributed by atoms with van der Waals surface area (Å²) in [6.45, 7) is 0. The molecule has 0 unspecified atom stereocenters. The second-order valence-electron chi connectivity index (χ2n) is 1.53. The molecule has 0 amide bonds. The Kier molecular flexibility index (Phi) is 2.26. The van der Waals surface area contributed by atoms with Gasteiger partial charge in [-0.25, -0.2) is 0 Å². The van der Waals surface area contributed by atoms with E-state index in [4.69, 9.17) is 0 Å². The van der Waals surface area contributed by atoms with Crippen molar-refractivity contribution in [1.29, 1.82) is 0 Å². The first kappa shape index (κ1) is 5.70. The van der Waals surface area contributed by atoms with Gasteiger partial charge in [-0.05, 0) is 11.8 Å². The van der Waals surface area contributed by atoms with E-state index in [2.05, 4.69) is 21.3 Å². The zero-order valence-corrected chi connectivity index (χ0v) is 6.39. The standard InChI is InChI=1S/C5H7BrS/c6-3-5-1-2-7-4-5/h4H,1-3H2. The minimum atomic E-state index is 1.07. The monoisotopic (exact) mass is 178 g/mol. The Morgan fingerprint density at radius 1 is 1.86 bits per heavy atom. The molecule has 0 spiro atoms. The van der Waals surface area contributed by atoms with Gasteiger partial charge in [-0.15, -0.1) is 11.8 Å². The minimum absolute atomic E-state index is 1.07. The molecule has 0 aromatic heterocycles. The van der Waals surface area contributed by atoms with Crippen molar-refractivity contribution in [3.63, 3.8) is 0 Å². The van der Waals surface area contributed by atoms with Crippen LogP contribution in [-0.2, 0) is 0 Å². The summed E-state index contributed by atoms with van der Waals surface area (Å²) >= 11 is 5.31. The average Bonchev–Trinajstić information content (AvgIpc) is 2.14. The summed E-state index contributed by atoms with van der Waals surface area (Å²) in [5, 5.41) is 3.31. The van der Waals surface area contributed by atoms with Crippen LogP contribution in [-0.4, -0.2) is 11.1 Å². The lowest BCUT2D eigenvalue weighted by molar-refractivity contribution is 1.16. The molecule has 0 atom stereocenters. The summed E-state index contributed by atoms with van der Waals surface area (Å²) in [5.74, 6) is 1.29. The van der Waals surface area contributed by atoms with Crippen LogP contribution in [0.25, 0.3) is 0 Å². The number of halogens is 1. The van der Waals surface area contributed by atoms with Gasteiger partial charge in [0.05, 0.1) is 0 Å². The molecule has 0 aromatic carbocycles. The second kappa shape index (κ2) is 2.78. The molecule has 7 heavy (non-hydrogen) atoms. The highest BCUT2D eigenvalue weighted by Gasteiger charge is 2.00. The second-order valence-corrected chi connectivity index (χ2v) is 3.07. The smallest absolute Gasteiger partial charge is 0.0250 e. The van der Waals surface area contributed by atoms with E-state index in [1.807, 2.05) is 11.8 Å². The highest BCUT2D eigenvalue weighted by atomic mass is 79.9. The van der Waals surface area contributed by atoms with Crippen LogP contribution in [0.5, 0.6) is 0 Å². The van der Waals surface area contributed by atoms with Crippen molar-refractivity contribution in [2.45, 2.75) is 6.42 Å². The number of hydrogen-bond acceptors (Lipinski definition) is 1. The van der Waals surface area contributed by atoms with E-state index in [1.165, 1.54) is 12.2 Å². The van der Waals surface area contributed by atoms with Gasteiger partial charge in [-0.1, -0.05) is 21.5 Å². The lowest BCUT2D eigenvalue weighted by Gasteiger charge is -1.86. The molecule has 0 fully saturated rings. The van der Waals surface area contributed by atoms with E-state index in [-0.39, 0.29) is 0 Å². The van der Waals surface area contributed by atoms with Crippen LogP contribution in [0.15, 0.2) is 11.0 Å². The number of allylic oxidation sites excluding steroid dienone is 1. The molecule has 40 valence electrons. The van der Waals surface area contributed by atoms with Crippen LogP contribution >= 0.6 is 27.7 Å². The number of hydrogen-bond donors (Lipinski definition) is 0. The van der Waals surface area contributed by atoms with Crippen molar-refractivity contribution in [2.24, 2.45) is 0 Å². The molecule has 0 N–H and O–H groups in total. The van der Waals surface area contributed by atoms with E-state index in [1.54, 1.807) is 5.57 Å². The Morgan fingerprint density at radius 3 is 3.00 bits per heavy atom. The van der Waals surface area contributed by atoms with E-state index in [0.29, 0.717) is 0 Å². The first-order valence-electron chi connectivity index (χ1n) is 2.29. The van der Waals surface area contributed by atoms with Crippen molar-refractivity contribution >= 4 is 27.7 Å². The summed E-state index contributed by atoms with van der Waals surface area (Å²) in [6, 6.07) is 0. The molecular weight excluding hydrogens is 172 g/mol. The fourth-order valence-electron chi connectivity index (χ4n) is 0.524. The molecule has 0 bridgehead atoms. The third kappa shape index (κ3) is 1.50. The fourth-order valence-corrected chi connectivity index (χ4v) is 2.12. The van der Waals surface area contributed by atoms with E-state index < -0.39 is 0 Å². The van der Waals surface area contributed by atoms with Crippen LogP contribution in [0.2, 0.25) is 0 Å². The van der Waals surface area contributed by atoms with Crippen molar-refractivity contribution in [1.82, 2.24) is 0 Å². The summed E-state index contributed by atoms with van der Waals surface area (Å²) in [7, 11) is 0. The van der Waals surface area contributed by atoms with Crippen LogP contribution < -0.4 is 0 Å². The average molecular weight is 179 g/mol. The topological polar surface area (TPSA) is 0 Å². The van der Waals surface area contributed by atoms with Crippen molar-refractivity contribution < 1.29 is 0 Å². The van der Waals surface area contributed by atoms with Crippen molar-refractivity contribution in [3.8, 4) is 0 Å². The first-order chi connectivity index (χ1) is 3.43. The normalized spacial score (nSPS) is 19.9. The quantitative estimate of drug-likeness (QED) is 0.557. The summed E-state index contributed by atoms with van der Waals surface area (Å²) in [5.41, 5.74) is 1.55. The maximum Gasteiger partial charge on any atom is 0.0250 e. The Morgan fingerprint density at radius 2 is 2.71 bits per heavy atom. The number of thioether (sulfide) groups is 1. The Bertz CT molecular complexity index is 88.1. The molecule has 2 heteroatoms.